The number of hydrogen-bond donors (Lipinski definition) is 2. The Bertz CT molecular complexity index is 557. The lowest BCUT2D eigenvalue weighted by atomic mass is 10.1. The van der Waals surface area contributed by atoms with Gasteiger partial charge in [-0.25, -0.2) is 13.1 Å². The van der Waals surface area contributed by atoms with Gasteiger partial charge in [0.05, 0.1) is 12.0 Å². The van der Waals surface area contributed by atoms with E-state index < -0.39 is 10.0 Å². The minimum absolute atomic E-state index is 0.202. The highest BCUT2D eigenvalue weighted by Crippen LogP contribution is 2.26. The van der Waals surface area contributed by atoms with Gasteiger partial charge in [0, 0.05) is 23.1 Å². The summed E-state index contributed by atoms with van der Waals surface area (Å²) in [4.78, 5) is 0.202. The lowest BCUT2D eigenvalue weighted by molar-refractivity contribution is 0.398. The summed E-state index contributed by atoms with van der Waals surface area (Å²) in [5.41, 5.74) is 0. The van der Waals surface area contributed by atoms with Gasteiger partial charge in [-0.1, -0.05) is 6.42 Å². The Morgan fingerprint density at radius 3 is 2.90 bits per heavy atom. The topological polar surface area (TPSA) is 67.4 Å². The maximum Gasteiger partial charge on any atom is 0.241 e. The van der Waals surface area contributed by atoms with Crippen molar-refractivity contribution in [3.8, 4) is 5.75 Å². The average molecular weight is 363 g/mol. The molecule has 0 bridgehead atoms. The summed E-state index contributed by atoms with van der Waals surface area (Å²) in [7, 11) is -2.03. The second kappa shape index (κ2) is 6.89. The molecule has 0 aliphatic carbocycles. The van der Waals surface area contributed by atoms with Crippen LogP contribution in [0.25, 0.3) is 0 Å². The van der Waals surface area contributed by atoms with Crippen LogP contribution in [-0.2, 0) is 10.0 Å². The smallest absolute Gasteiger partial charge is 0.241 e. The number of benzene rings is 1. The molecule has 7 heteroatoms. The van der Waals surface area contributed by atoms with Crippen LogP contribution < -0.4 is 14.8 Å². The van der Waals surface area contributed by atoms with Gasteiger partial charge in [0.25, 0.3) is 0 Å². The Hall–Kier alpha value is -0.630. The number of ether oxygens (including phenoxy) is 1. The van der Waals surface area contributed by atoms with Crippen molar-refractivity contribution in [3.63, 3.8) is 0 Å². The zero-order chi connectivity index (χ0) is 14.6. The minimum atomic E-state index is -3.54. The molecule has 1 aromatic rings. The van der Waals surface area contributed by atoms with Crippen LogP contribution in [0.4, 0.5) is 0 Å². The molecule has 0 amide bonds. The molecule has 0 saturated carbocycles. The van der Waals surface area contributed by atoms with E-state index in [0.29, 0.717) is 16.8 Å². The Morgan fingerprint density at radius 2 is 2.25 bits per heavy atom. The summed E-state index contributed by atoms with van der Waals surface area (Å²) >= 11 is 3.27. The summed E-state index contributed by atoms with van der Waals surface area (Å²) in [5.74, 6) is 0.518. The van der Waals surface area contributed by atoms with Crippen LogP contribution in [0.5, 0.6) is 5.75 Å². The number of sulfonamides is 1. The normalized spacial score (nSPS) is 19.8. The standard InChI is InChI=1S/C13H19BrN2O3S/c1-19-11-5-6-12(14)13(8-11)20(17,18)16-9-10-4-2-3-7-15-10/h5-6,8,10,15-16H,2-4,7,9H2,1H3. The molecule has 112 valence electrons. The fourth-order valence-corrected chi connectivity index (χ4v) is 4.26. The number of piperidine rings is 1. The lowest BCUT2D eigenvalue weighted by Crippen LogP contribution is -2.43. The molecule has 1 aliphatic rings. The lowest BCUT2D eigenvalue weighted by Gasteiger charge is -2.23. The van der Waals surface area contributed by atoms with Crippen LogP contribution in [0.15, 0.2) is 27.6 Å². The Labute approximate surface area is 128 Å². The van der Waals surface area contributed by atoms with Crippen LogP contribution >= 0.6 is 15.9 Å². The number of halogens is 1. The molecule has 1 heterocycles. The molecule has 0 spiro atoms. The van der Waals surface area contributed by atoms with Gasteiger partial charge in [0.2, 0.25) is 10.0 Å². The van der Waals surface area contributed by atoms with Crippen LogP contribution in [0, 0.1) is 0 Å². The molecule has 0 radical (unpaired) electrons. The zero-order valence-corrected chi connectivity index (χ0v) is 13.8. The number of nitrogens with one attached hydrogen (secondary N) is 2. The van der Waals surface area contributed by atoms with E-state index in [0.717, 1.165) is 25.8 Å². The van der Waals surface area contributed by atoms with Crippen LogP contribution in [0.1, 0.15) is 19.3 Å². The predicted molar refractivity (Wildman–Crippen MR) is 81.5 cm³/mol. The molecule has 1 aliphatic heterocycles. The van der Waals surface area contributed by atoms with Gasteiger partial charge in [-0.2, -0.15) is 0 Å². The molecule has 1 unspecified atom stereocenters. The van der Waals surface area contributed by atoms with Gasteiger partial charge in [-0.15, -0.1) is 0 Å². The first-order chi connectivity index (χ1) is 9.53. The first-order valence-corrected chi connectivity index (χ1v) is 8.87. The van der Waals surface area contributed by atoms with E-state index in [1.807, 2.05) is 0 Å². The van der Waals surface area contributed by atoms with Crippen LogP contribution in [-0.4, -0.2) is 34.7 Å². The molecular weight excluding hydrogens is 344 g/mol. The zero-order valence-electron chi connectivity index (χ0n) is 11.4. The molecule has 1 fully saturated rings. The molecule has 5 nitrogen and oxygen atoms in total. The highest BCUT2D eigenvalue weighted by atomic mass is 79.9. The first-order valence-electron chi connectivity index (χ1n) is 6.59. The third-order valence-corrected chi connectivity index (χ3v) is 5.78. The van der Waals surface area contributed by atoms with Gasteiger partial charge in [-0.3, -0.25) is 0 Å². The minimum Gasteiger partial charge on any atom is -0.497 e. The number of methoxy groups -OCH3 is 1. The summed E-state index contributed by atoms with van der Waals surface area (Å²) in [6.45, 7) is 1.36. The van der Waals surface area contributed by atoms with Gasteiger partial charge in [-0.05, 0) is 47.4 Å². The SMILES string of the molecule is COc1ccc(Br)c(S(=O)(=O)NCC2CCCCN2)c1. The van der Waals surface area contributed by atoms with Crippen LogP contribution in [0.2, 0.25) is 0 Å². The van der Waals surface area contributed by atoms with E-state index in [4.69, 9.17) is 4.74 Å². The summed E-state index contributed by atoms with van der Waals surface area (Å²) < 4.78 is 32.9. The molecule has 1 aromatic carbocycles. The van der Waals surface area contributed by atoms with Crippen molar-refractivity contribution in [2.45, 2.75) is 30.2 Å². The second-order valence-electron chi connectivity index (χ2n) is 4.80. The van der Waals surface area contributed by atoms with E-state index in [-0.39, 0.29) is 10.9 Å². The van der Waals surface area contributed by atoms with E-state index in [9.17, 15) is 8.42 Å². The van der Waals surface area contributed by atoms with Crippen molar-refractivity contribution >= 4 is 26.0 Å². The van der Waals surface area contributed by atoms with Crippen molar-refractivity contribution in [3.05, 3.63) is 22.7 Å². The fraction of sp³-hybridized carbons (Fsp3) is 0.538. The molecule has 1 saturated heterocycles. The molecule has 2 N–H and O–H groups in total. The molecule has 2 rings (SSSR count). The maximum atomic E-state index is 12.3. The van der Waals surface area contributed by atoms with Crippen molar-refractivity contribution < 1.29 is 13.2 Å². The van der Waals surface area contributed by atoms with Crippen molar-refractivity contribution in [1.29, 1.82) is 0 Å². The van der Waals surface area contributed by atoms with Gasteiger partial charge in [0.1, 0.15) is 5.75 Å². The average Bonchev–Trinajstić information content (AvgIpc) is 2.47. The Kier molecular flexibility index (Phi) is 5.42. The summed E-state index contributed by atoms with van der Waals surface area (Å²) in [6, 6.07) is 5.11. The van der Waals surface area contributed by atoms with E-state index >= 15 is 0 Å². The Balaban J connectivity index is 2.09. The number of rotatable bonds is 5. The Morgan fingerprint density at radius 1 is 1.45 bits per heavy atom. The van der Waals surface area contributed by atoms with Crippen molar-refractivity contribution in [2.24, 2.45) is 0 Å². The predicted octanol–water partition coefficient (Wildman–Crippen LogP) is 1.88. The summed E-state index contributed by atoms with van der Waals surface area (Å²) in [5, 5.41) is 3.32. The van der Waals surface area contributed by atoms with Gasteiger partial charge >= 0.3 is 0 Å². The second-order valence-corrected chi connectivity index (χ2v) is 7.38. The van der Waals surface area contributed by atoms with E-state index in [1.54, 1.807) is 12.1 Å². The highest BCUT2D eigenvalue weighted by Gasteiger charge is 2.21. The van der Waals surface area contributed by atoms with E-state index in [1.165, 1.54) is 13.2 Å². The molecule has 1 atom stereocenters. The monoisotopic (exact) mass is 362 g/mol. The number of hydrogen-bond acceptors (Lipinski definition) is 4. The van der Waals surface area contributed by atoms with E-state index in [2.05, 4.69) is 26.0 Å². The van der Waals surface area contributed by atoms with Crippen molar-refractivity contribution in [1.82, 2.24) is 10.0 Å². The third-order valence-electron chi connectivity index (χ3n) is 3.36. The first kappa shape index (κ1) is 15.8. The molecule has 0 aromatic heterocycles. The van der Waals surface area contributed by atoms with Crippen molar-refractivity contribution in [2.75, 3.05) is 20.2 Å². The molecular formula is C13H19BrN2O3S. The highest BCUT2D eigenvalue weighted by molar-refractivity contribution is 9.10. The van der Waals surface area contributed by atoms with Gasteiger partial charge < -0.3 is 10.1 Å². The largest absolute Gasteiger partial charge is 0.497 e. The third kappa shape index (κ3) is 3.94. The molecule has 20 heavy (non-hydrogen) atoms. The summed E-state index contributed by atoms with van der Waals surface area (Å²) in [6.07, 6.45) is 3.30. The maximum absolute atomic E-state index is 12.3. The van der Waals surface area contributed by atoms with Crippen LogP contribution in [0.3, 0.4) is 0 Å². The quantitative estimate of drug-likeness (QED) is 0.838. The fourth-order valence-electron chi connectivity index (χ4n) is 2.20. The van der Waals surface area contributed by atoms with Gasteiger partial charge in [0.15, 0.2) is 0 Å².